The van der Waals surface area contributed by atoms with Crippen LogP contribution in [0, 0.1) is 0 Å². The first kappa shape index (κ1) is 32.9. The van der Waals surface area contributed by atoms with Gasteiger partial charge in [0.05, 0.1) is 5.69 Å². The third-order valence-corrected chi connectivity index (χ3v) is 11.6. The van der Waals surface area contributed by atoms with Crippen molar-refractivity contribution < 1.29 is 0 Å². The molecule has 0 aliphatic rings. The molecule has 0 unspecified atom stereocenters. The van der Waals surface area contributed by atoms with Gasteiger partial charge in [0.15, 0.2) is 0 Å². The predicted octanol–water partition coefficient (Wildman–Crippen LogP) is 15.9. The number of hydrogen-bond acceptors (Lipinski definition) is 1. The summed E-state index contributed by atoms with van der Waals surface area (Å²) in [6.45, 7) is 0. The summed E-state index contributed by atoms with van der Waals surface area (Å²) >= 11 is 0. The molecule has 266 valence electrons. The molecule has 11 aromatic rings. The summed E-state index contributed by atoms with van der Waals surface area (Å²) in [5, 5.41) is 12.6. The second kappa shape index (κ2) is 13.7. The highest BCUT2D eigenvalue weighted by molar-refractivity contribution is 6.18. The molecule has 0 spiro atoms. The van der Waals surface area contributed by atoms with Crippen LogP contribution in [0.3, 0.4) is 0 Å². The molecule has 0 amide bonds. The highest BCUT2D eigenvalue weighted by atomic mass is 15.1. The van der Waals surface area contributed by atoms with Crippen molar-refractivity contribution in [2.45, 2.75) is 0 Å². The van der Waals surface area contributed by atoms with Crippen LogP contribution in [0.15, 0.2) is 224 Å². The fraction of sp³-hybridized carbons (Fsp3) is 0. The third-order valence-electron chi connectivity index (χ3n) is 11.6. The van der Waals surface area contributed by atoms with Crippen LogP contribution >= 0.6 is 0 Å². The van der Waals surface area contributed by atoms with Gasteiger partial charge in [-0.15, -0.1) is 0 Å². The monoisotopic (exact) mass is 723 g/mol. The second-order valence-corrected chi connectivity index (χ2v) is 14.9. The van der Waals surface area contributed by atoms with Gasteiger partial charge in [-0.2, -0.15) is 0 Å². The van der Waals surface area contributed by atoms with Crippen molar-refractivity contribution in [2.24, 2.45) is 0 Å². The van der Waals surface area contributed by atoms with Crippen molar-refractivity contribution in [3.05, 3.63) is 224 Å². The van der Waals surface area contributed by atoms with Gasteiger partial charge < -0.3 is 4.90 Å². The van der Waals surface area contributed by atoms with Crippen LogP contribution < -0.4 is 4.90 Å². The molecule has 0 atom stereocenters. The molecular weight excluding hydrogens is 687 g/mol. The minimum absolute atomic E-state index is 1.11. The van der Waals surface area contributed by atoms with E-state index in [-0.39, 0.29) is 0 Å². The van der Waals surface area contributed by atoms with Crippen molar-refractivity contribution in [3.8, 4) is 33.4 Å². The van der Waals surface area contributed by atoms with E-state index in [2.05, 4.69) is 229 Å². The van der Waals surface area contributed by atoms with Crippen LogP contribution in [0.2, 0.25) is 0 Å². The molecular formula is C56H37N. The van der Waals surface area contributed by atoms with E-state index < -0.39 is 0 Å². The molecule has 0 saturated carbocycles. The maximum Gasteiger partial charge on any atom is 0.0540 e. The van der Waals surface area contributed by atoms with E-state index in [1.54, 1.807) is 0 Å². The van der Waals surface area contributed by atoms with E-state index in [1.807, 2.05) is 0 Å². The van der Waals surface area contributed by atoms with Gasteiger partial charge in [0.1, 0.15) is 0 Å². The SMILES string of the molecule is c1ccc(N(c2ccc(-c3ccc4ccccc4c3)cc2)c2ccccc2-c2ccc(-c3ccc4ccc5c6ccccc6ccc5c4c3)c3ccccc23)cc1. The average molecular weight is 724 g/mol. The Morgan fingerprint density at radius 2 is 0.754 bits per heavy atom. The Morgan fingerprint density at radius 1 is 0.228 bits per heavy atom. The molecule has 0 aliphatic heterocycles. The number of hydrogen-bond donors (Lipinski definition) is 0. The first-order valence-corrected chi connectivity index (χ1v) is 19.7. The van der Waals surface area contributed by atoms with Crippen molar-refractivity contribution in [1.29, 1.82) is 0 Å². The summed E-state index contributed by atoms with van der Waals surface area (Å²) in [6, 6.07) is 82.0. The van der Waals surface area contributed by atoms with Crippen LogP contribution in [0.5, 0.6) is 0 Å². The maximum absolute atomic E-state index is 2.39. The molecule has 11 rings (SSSR count). The molecule has 1 nitrogen and oxygen atoms in total. The number of para-hydroxylation sites is 2. The molecule has 0 heterocycles. The van der Waals surface area contributed by atoms with E-state index >= 15 is 0 Å². The molecule has 0 aliphatic carbocycles. The second-order valence-electron chi connectivity index (χ2n) is 14.9. The van der Waals surface area contributed by atoms with Gasteiger partial charge in [0, 0.05) is 16.9 Å². The minimum atomic E-state index is 1.11. The van der Waals surface area contributed by atoms with Gasteiger partial charge >= 0.3 is 0 Å². The predicted molar refractivity (Wildman–Crippen MR) is 245 cm³/mol. The lowest BCUT2D eigenvalue weighted by molar-refractivity contribution is 1.28. The van der Waals surface area contributed by atoms with Gasteiger partial charge in [0.2, 0.25) is 0 Å². The van der Waals surface area contributed by atoms with Gasteiger partial charge in [0.25, 0.3) is 0 Å². The number of benzene rings is 11. The zero-order chi connectivity index (χ0) is 37.7. The number of nitrogens with zero attached hydrogens (tertiary/aromatic N) is 1. The lowest BCUT2D eigenvalue weighted by Gasteiger charge is -2.28. The topological polar surface area (TPSA) is 3.24 Å². The Hall–Kier alpha value is -7.48. The lowest BCUT2D eigenvalue weighted by atomic mass is 9.89. The molecule has 0 saturated heterocycles. The normalized spacial score (nSPS) is 11.5. The first-order valence-electron chi connectivity index (χ1n) is 19.7. The zero-order valence-corrected chi connectivity index (χ0v) is 31.3. The summed E-state index contributed by atoms with van der Waals surface area (Å²) in [5.74, 6) is 0. The van der Waals surface area contributed by atoms with Gasteiger partial charge in [-0.05, 0) is 124 Å². The van der Waals surface area contributed by atoms with Crippen LogP contribution in [0.25, 0.3) is 87.2 Å². The highest BCUT2D eigenvalue weighted by Crippen LogP contribution is 2.45. The van der Waals surface area contributed by atoms with E-state index in [0.717, 1.165) is 17.1 Å². The van der Waals surface area contributed by atoms with E-state index in [4.69, 9.17) is 0 Å². The standard InChI is InChI=1S/C56H37N/c1-2-15-45(16-3-1)57(46-30-26-39(27-31-46)43-24-22-38-12-4-5-14-42(38)36-43)56-21-11-10-20-54(56)52-35-34-48(49-18-8-9-19-50(49)52)44-25-23-41-29-32-51-47-17-7-6-13-40(47)28-33-53(51)55(41)37-44/h1-37H. The van der Waals surface area contributed by atoms with Crippen molar-refractivity contribution in [2.75, 3.05) is 4.90 Å². The average Bonchev–Trinajstić information content (AvgIpc) is 3.29. The van der Waals surface area contributed by atoms with Crippen LogP contribution in [0.4, 0.5) is 17.1 Å². The Morgan fingerprint density at radius 3 is 1.56 bits per heavy atom. The van der Waals surface area contributed by atoms with E-state index in [1.165, 1.54) is 87.2 Å². The molecule has 11 aromatic carbocycles. The smallest absolute Gasteiger partial charge is 0.0540 e. The highest BCUT2D eigenvalue weighted by Gasteiger charge is 2.19. The molecule has 0 N–H and O–H groups in total. The van der Waals surface area contributed by atoms with E-state index in [9.17, 15) is 0 Å². The minimum Gasteiger partial charge on any atom is -0.310 e. The van der Waals surface area contributed by atoms with Gasteiger partial charge in [-0.3, -0.25) is 0 Å². The first-order chi connectivity index (χ1) is 28.3. The maximum atomic E-state index is 2.39. The Bertz CT molecular complexity index is 3290. The van der Waals surface area contributed by atoms with Crippen LogP contribution in [-0.4, -0.2) is 0 Å². The quantitative estimate of drug-likeness (QED) is 0.154. The largest absolute Gasteiger partial charge is 0.310 e. The molecule has 0 radical (unpaired) electrons. The zero-order valence-electron chi connectivity index (χ0n) is 31.3. The van der Waals surface area contributed by atoms with Crippen molar-refractivity contribution >= 4 is 70.9 Å². The molecule has 0 aromatic heterocycles. The van der Waals surface area contributed by atoms with E-state index in [0.29, 0.717) is 0 Å². The van der Waals surface area contributed by atoms with Crippen molar-refractivity contribution in [1.82, 2.24) is 0 Å². The number of fused-ring (bicyclic) bond motifs is 7. The van der Waals surface area contributed by atoms with Crippen LogP contribution in [-0.2, 0) is 0 Å². The van der Waals surface area contributed by atoms with Crippen LogP contribution in [0.1, 0.15) is 0 Å². The molecule has 0 fully saturated rings. The summed E-state index contributed by atoms with van der Waals surface area (Å²) in [4.78, 5) is 2.39. The summed E-state index contributed by atoms with van der Waals surface area (Å²) in [5.41, 5.74) is 10.6. The fourth-order valence-corrected chi connectivity index (χ4v) is 8.84. The van der Waals surface area contributed by atoms with Crippen molar-refractivity contribution in [3.63, 3.8) is 0 Å². The summed E-state index contributed by atoms with van der Waals surface area (Å²) in [6.07, 6.45) is 0. The Balaban J connectivity index is 1.04. The third kappa shape index (κ3) is 5.72. The number of anilines is 3. The summed E-state index contributed by atoms with van der Waals surface area (Å²) < 4.78 is 0. The van der Waals surface area contributed by atoms with Gasteiger partial charge in [-0.1, -0.05) is 182 Å². The fourth-order valence-electron chi connectivity index (χ4n) is 8.84. The molecule has 57 heavy (non-hydrogen) atoms. The van der Waals surface area contributed by atoms with Gasteiger partial charge in [-0.25, -0.2) is 0 Å². The summed E-state index contributed by atoms with van der Waals surface area (Å²) in [7, 11) is 0. The molecule has 1 heteroatoms. The molecule has 0 bridgehead atoms. The Labute approximate surface area is 332 Å². The Kier molecular flexibility index (Phi) is 7.89. The lowest BCUT2D eigenvalue weighted by Crippen LogP contribution is -2.11. The number of rotatable bonds is 6.